The van der Waals surface area contributed by atoms with E-state index in [0.717, 1.165) is 25.7 Å². The van der Waals surface area contributed by atoms with Gasteiger partial charge in [0.2, 0.25) is 0 Å². The summed E-state index contributed by atoms with van der Waals surface area (Å²) in [6.45, 7) is 6.54. The highest BCUT2D eigenvalue weighted by molar-refractivity contribution is 8.67. The summed E-state index contributed by atoms with van der Waals surface area (Å²) in [5.74, 6) is 1.76. The van der Waals surface area contributed by atoms with Crippen molar-refractivity contribution in [3.63, 3.8) is 0 Å². The Labute approximate surface area is 132 Å². The van der Waals surface area contributed by atoms with E-state index in [1.807, 2.05) is 0 Å². The molecule has 0 saturated heterocycles. The summed E-state index contributed by atoms with van der Waals surface area (Å²) in [6.07, 6.45) is 11.7. The minimum Gasteiger partial charge on any atom is -0.571 e. The first-order valence-electron chi connectivity index (χ1n) is 8.42. The van der Waals surface area contributed by atoms with E-state index in [0.29, 0.717) is 17.4 Å². The van der Waals surface area contributed by atoms with E-state index in [9.17, 15) is 9.11 Å². The second-order valence-electron chi connectivity index (χ2n) is 5.66. The monoisotopic (exact) mass is 322 g/mol. The lowest BCUT2D eigenvalue weighted by Gasteiger charge is -2.17. The Morgan fingerprint density at radius 1 is 0.750 bits per heavy atom. The zero-order valence-electron chi connectivity index (χ0n) is 13.7. The number of rotatable bonds is 14. The van der Waals surface area contributed by atoms with Crippen LogP contribution in [-0.2, 0) is 20.4 Å². The fourth-order valence-electron chi connectivity index (χ4n) is 2.26. The second kappa shape index (κ2) is 14.6. The normalized spacial score (nSPS) is 16.1. The molecule has 0 aromatic heterocycles. The highest BCUT2D eigenvalue weighted by Gasteiger charge is 2.27. The summed E-state index contributed by atoms with van der Waals surface area (Å²) in [7, 11) is -2.26. The molecule has 0 amide bonds. The standard InChI is InChI=1S/C16H34O2S2/c1-4-7-9-10-11-12-14-19(17)20(18)15-16(6-3)13-8-5-2/h16H,4-15H2,1-3H3. The fraction of sp³-hybridized carbons (Fsp3) is 1.00. The van der Waals surface area contributed by atoms with Gasteiger partial charge in [0.15, 0.2) is 31.9 Å². The van der Waals surface area contributed by atoms with Crippen molar-refractivity contribution in [2.24, 2.45) is 5.92 Å². The highest BCUT2D eigenvalue weighted by Crippen LogP contribution is 2.19. The van der Waals surface area contributed by atoms with Gasteiger partial charge in [-0.3, -0.25) is 0 Å². The van der Waals surface area contributed by atoms with Crippen molar-refractivity contribution >= 4 is 20.4 Å². The predicted molar refractivity (Wildman–Crippen MR) is 92.7 cm³/mol. The lowest BCUT2D eigenvalue weighted by atomic mass is 10.0. The van der Waals surface area contributed by atoms with Crippen LogP contribution in [0.5, 0.6) is 0 Å². The van der Waals surface area contributed by atoms with Gasteiger partial charge in [-0.25, -0.2) is 0 Å². The quantitative estimate of drug-likeness (QED) is 0.257. The first-order chi connectivity index (χ1) is 9.65. The molecule has 0 N–H and O–H groups in total. The van der Waals surface area contributed by atoms with Crippen molar-refractivity contribution < 1.29 is 9.11 Å². The molecule has 0 aromatic carbocycles. The van der Waals surface area contributed by atoms with Crippen LogP contribution in [0.2, 0.25) is 0 Å². The summed E-state index contributed by atoms with van der Waals surface area (Å²) >= 11 is 0. The van der Waals surface area contributed by atoms with Crippen molar-refractivity contribution in [2.75, 3.05) is 11.5 Å². The molecule has 0 aromatic rings. The molecule has 0 spiro atoms. The van der Waals surface area contributed by atoms with Crippen LogP contribution >= 0.6 is 0 Å². The van der Waals surface area contributed by atoms with Crippen molar-refractivity contribution in [2.45, 2.75) is 85.0 Å². The maximum absolute atomic E-state index is 12.1. The third kappa shape index (κ3) is 11.3. The maximum Gasteiger partial charge on any atom is 0.170 e. The van der Waals surface area contributed by atoms with Gasteiger partial charge < -0.3 is 9.11 Å². The first kappa shape index (κ1) is 20.6. The Bertz CT molecular complexity index is 203. The average Bonchev–Trinajstić information content (AvgIpc) is 2.46. The van der Waals surface area contributed by atoms with Gasteiger partial charge in [0.1, 0.15) is 0 Å². The molecule has 3 atom stereocenters. The topological polar surface area (TPSA) is 46.1 Å². The molecular formula is C16H34O2S2. The summed E-state index contributed by atoms with van der Waals surface area (Å²) in [4.78, 5) is 0. The van der Waals surface area contributed by atoms with E-state index in [2.05, 4.69) is 20.8 Å². The van der Waals surface area contributed by atoms with Crippen LogP contribution < -0.4 is 0 Å². The van der Waals surface area contributed by atoms with Gasteiger partial charge in [0.25, 0.3) is 0 Å². The van der Waals surface area contributed by atoms with Crippen LogP contribution in [0.25, 0.3) is 0 Å². The molecule has 0 saturated carbocycles. The fourth-order valence-corrected chi connectivity index (χ4v) is 5.77. The predicted octanol–water partition coefficient (Wildman–Crippen LogP) is 4.98. The Morgan fingerprint density at radius 2 is 1.35 bits per heavy atom. The van der Waals surface area contributed by atoms with Gasteiger partial charge in [-0.05, 0) is 25.7 Å². The molecule has 0 heterocycles. The second-order valence-corrected chi connectivity index (χ2v) is 9.85. The van der Waals surface area contributed by atoms with E-state index in [-0.39, 0.29) is 0 Å². The van der Waals surface area contributed by atoms with Crippen molar-refractivity contribution in [3.8, 4) is 0 Å². The SMILES string of the molecule is CCCCCCCC[S+]([O-])[S+]([O-])CC(CC)CCCC. The number of hydrogen-bond acceptors (Lipinski definition) is 2. The summed E-state index contributed by atoms with van der Waals surface area (Å²) < 4.78 is 24.0. The Kier molecular flexibility index (Phi) is 15.0. The molecule has 0 radical (unpaired) electrons. The van der Waals surface area contributed by atoms with Gasteiger partial charge in [-0.15, -0.1) is 0 Å². The Morgan fingerprint density at radius 3 is 1.95 bits per heavy atom. The molecule has 3 unspecified atom stereocenters. The van der Waals surface area contributed by atoms with Crippen LogP contribution in [0.1, 0.15) is 85.0 Å². The largest absolute Gasteiger partial charge is 0.571 e. The van der Waals surface area contributed by atoms with Gasteiger partial charge in [0.05, 0.1) is 0 Å². The van der Waals surface area contributed by atoms with Crippen LogP contribution in [0.15, 0.2) is 0 Å². The minimum atomic E-state index is -1.13. The van der Waals surface area contributed by atoms with Crippen LogP contribution in [0, 0.1) is 5.92 Å². The molecule has 2 nitrogen and oxygen atoms in total. The Hall–Kier alpha value is 0.620. The highest BCUT2D eigenvalue weighted by atomic mass is 33.2. The van der Waals surface area contributed by atoms with E-state index < -0.39 is 20.4 Å². The van der Waals surface area contributed by atoms with Gasteiger partial charge in [-0.1, -0.05) is 59.3 Å². The molecule has 0 fully saturated rings. The van der Waals surface area contributed by atoms with Crippen LogP contribution in [0.3, 0.4) is 0 Å². The van der Waals surface area contributed by atoms with E-state index in [4.69, 9.17) is 0 Å². The average molecular weight is 323 g/mol. The van der Waals surface area contributed by atoms with E-state index in [1.54, 1.807) is 0 Å². The molecule has 0 rings (SSSR count). The maximum atomic E-state index is 12.1. The molecular weight excluding hydrogens is 288 g/mol. The first-order valence-corrected chi connectivity index (χ1v) is 11.6. The molecule has 20 heavy (non-hydrogen) atoms. The Balaban J connectivity index is 3.70. The number of hydrogen-bond donors (Lipinski definition) is 0. The molecule has 122 valence electrons. The van der Waals surface area contributed by atoms with Crippen molar-refractivity contribution in [3.05, 3.63) is 0 Å². The van der Waals surface area contributed by atoms with Gasteiger partial charge in [-0.2, -0.15) is 0 Å². The zero-order valence-corrected chi connectivity index (χ0v) is 15.3. The molecule has 0 aliphatic heterocycles. The van der Waals surface area contributed by atoms with Crippen molar-refractivity contribution in [1.29, 1.82) is 0 Å². The smallest absolute Gasteiger partial charge is 0.170 e. The molecule has 0 aliphatic carbocycles. The number of unbranched alkanes of at least 4 members (excludes halogenated alkanes) is 6. The van der Waals surface area contributed by atoms with Crippen molar-refractivity contribution in [1.82, 2.24) is 0 Å². The van der Waals surface area contributed by atoms with E-state index >= 15 is 0 Å². The summed E-state index contributed by atoms with van der Waals surface area (Å²) in [6, 6.07) is 0. The summed E-state index contributed by atoms with van der Waals surface area (Å²) in [5, 5.41) is 0. The lowest BCUT2D eigenvalue weighted by molar-refractivity contribution is 0.485. The van der Waals surface area contributed by atoms with Crippen LogP contribution in [0.4, 0.5) is 0 Å². The van der Waals surface area contributed by atoms with Crippen LogP contribution in [-0.4, -0.2) is 20.6 Å². The third-order valence-electron chi connectivity index (χ3n) is 3.79. The molecule has 0 aliphatic rings. The van der Waals surface area contributed by atoms with Gasteiger partial charge in [0, 0.05) is 5.92 Å². The summed E-state index contributed by atoms with van der Waals surface area (Å²) in [5.41, 5.74) is 0. The van der Waals surface area contributed by atoms with Gasteiger partial charge >= 0.3 is 0 Å². The van der Waals surface area contributed by atoms with E-state index in [1.165, 1.54) is 38.5 Å². The lowest BCUT2D eigenvalue weighted by Crippen LogP contribution is -2.26. The molecule has 0 bridgehead atoms. The minimum absolute atomic E-state index is 0.490. The molecule has 4 heteroatoms. The third-order valence-corrected chi connectivity index (χ3v) is 7.72. The zero-order chi connectivity index (χ0) is 15.2.